The summed E-state index contributed by atoms with van der Waals surface area (Å²) in [4.78, 5) is 34.4. The van der Waals surface area contributed by atoms with Crippen molar-refractivity contribution < 1.29 is 19.1 Å². The number of halogens is 1. The molecule has 45 heavy (non-hydrogen) atoms. The molecule has 0 atom stereocenters. The van der Waals surface area contributed by atoms with Gasteiger partial charge in [-0.05, 0) is 100 Å². The molecule has 1 aliphatic rings. The number of nitrogens with zero attached hydrogens (tertiary/aromatic N) is 4. The molecule has 1 aliphatic carbocycles. The van der Waals surface area contributed by atoms with Crippen LogP contribution in [0, 0.1) is 12.7 Å². The van der Waals surface area contributed by atoms with Crippen LogP contribution >= 0.6 is 0 Å². The first kappa shape index (κ1) is 30.2. The average Bonchev–Trinajstić information content (AvgIpc) is 3.51. The van der Waals surface area contributed by atoms with Crippen molar-refractivity contribution in [1.29, 1.82) is 0 Å². The fourth-order valence-electron chi connectivity index (χ4n) is 6.75. The summed E-state index contributed by atoms with van der Waals surface area (Å²) in [6, 6.07) is 14.9. The van der Waals surface area contributed by atoms with Crippen molar-refractivity contribution >= 4 is 39.9 Å². The van der Waals surface area contributed by atoms with E-state index in [1.165, 1.54) is 18.7 Å². The molecule has 2 N–H and O–H groups in total. The second-order valence-electron chi connectivity index (χ2n) is 12.7. The fourth-order valence-corrected chi connectivity index (χ4v) is 6.75. The van der Waals surface area contributed by atoms with E-state index < -0.39 is 11.5 Å². The summed E-state index contributed by atoms with van der Waals surface area (Å²) in [5.74, 6) is -0.885. The van der Waals surface area contributed by atoms with Crippen molar-refractivity contribution in [2.75, 3.05) is 0 Å². The first-order valence-electron chi connectivity index (χ1n) is 15.4. The predicted octanol–water partition coefficient (Wildman–Crippen LogP) is 7.70. The van der Waals surface area contributed by atoms with Crippen molar-refractivity contribution in [3.05, 3.63) is 88.6 Å². The third kappa shape index (κ3) is 5.63. The summed E-state index contributed by atoms with van der Waals surface area (Å²) >= 11 is 0. The highest BCUT2D eigenvalue weighted by atomic mass is 19.1. The molecule has 0 aliphatic heterocycles. The quantitative estimate of drug-likeness (QED) is 0.185. The number of amides is 1. The number of rotatable bonds is 7. The van der Waals surface area contributed by atoms with Crippen molar-refractivity contribution in [3.63, 3.8) is 0 Å². The minimum Gasteiger partial charge on any atom is -0.478 e. The van der Waals surface area contributed by atoms with Crippen LogP contribution in [-0.2, 0) is 17.4 Å². The number of fused-ring (bicyclic) bond motifs is 2. The van der Waals surface area contributed by atoms with Crippen molar-refractivity contribution in [2.45, 2.75) is 71.4 Å². The minimum atomic E-state index is -0.966. The monoisotopic (exact) mass is 607 g/mol. The van der Waals surface area contributed by atoms with Gasteiger partial charge < -0.3 is 19.6 Å². The van der Waals surface area contributed by atoms with Crippen LogP contribution in [0.4, 0.5) is 4.39 Å². The zero-order valence-corrected chi connectivity index (χ0v) is 26.3. The van der Waals surface area contributed by atoms with E-state index in [1.54, 1.807) is 19.1 Å². The average molecular weight is 608 g/mol. The number of imidazole rings is 1. The molecule has 1 saturated carbocycles. The number of nitrogens with one attached hydrogen (secondary N) is 1. The summed E-state index contributed by atoms with van der Waals surface area (Å²) in [7, 11) is 1.89. The van der Waals surface area contributed by atoms with Gasteiger partial charge in [-0.25, -0.2) is 14.2 Å². The molecular formula is C36H38FN5O3. The van der Waals surface area contributed by atoms with E-state index >= 15 is 0 Å². The highest BCUT2D eigenvalue weighted by molar-refractivity contribution is 6.01. The standard InChI is InChI=1S/C36H38FN5O3/c1-21(34(44)45)17-23-11-14-28-31(18-23)41(5)35(39-28)36(3,4)40-33(43)24-12-16-30-27(19-24)22(2)32(29-15-13-25(37)20-38-29)42(30)26-9-7-6-8-10-26/h11-20,26H,6-10H2,1-5H3,(H,40,43)(H,44,45). The van der Waals surface area contributed by atoms with Crippen LogP contribution < -0.4 is 5.32 Å². The molecule has 0 unspecified atom stereocenters. The number of aromatic nitrogens is 4. The first-order chi connectivity index (χ1) is 21.4. The topological polar surface area (TPSA) is 102 Å². The van der Waals surface area contributed by atoms with E-state index in [0.717, 1.165) is 70.1 Å². The third-order valence-electron chi connectivity index (χ3n) is 9.04. The zero-order chi connectivity index (χ0) is 32.0. The number of benzene rings is 2. The molecule has 5 aromatic rings. The van der Waals surface area contributed by atoms with Crippen molar-refractivity contribution in [3.8, 4) is 11.4 Å². The first-order valence-corrected chi connectivity index (χ1v) is 15.4. The van der Waals surface area contributed by atoms with Crippen LogP contribution in [0.2, 0.25) is 0 Å². The molecule has 232 valence electrons. The smallest absolute Gasteiger partial charge is 0.331 e. The molecule has 3 heterocycles. The van der Waals surface area contributed by atoms with E-state index in [4.69, 9.17) is 4.98 Å². The van der Waals surface area contributed by atoms with E-state index in [1.807, 2.05) is 61.9 Å². The largest absolute Gasteiger partial charge is 0.478 e. The van der Waals surface area contributed by atoms with Gasteiger partial charge in [0, 0.05) is 35.1 Å². The predicted molar refractivity (Wildman–Crippen MR) is 174 cm³/mol. The molecule has 3 aromatic heterocycles. The molecule has 0 saturated heterocycles. The second kappa shape index (κ2) is 11.6. The Morgan fingerprint density at radius 3 is 2.49 bits per heavy atom. The van der Waals surface area contributed by atoms with E-state index in [-0.39, 0.29) is 17.3 Å². The van der Waals surface area contributed by atoms with Crippen LogP contribution in [0.5, 0.6) is 0 Å². The van der Waals surface area contributed by atoms with Gasteiger partial charge in [0.2, 0.25) is 0 Å². The molecule has 0 radical (unpaired) electrons. The number of pyridine rings is 1. The summed E-state index contributed by atoms with van der Waals surface area (Å²) in [5, 5.41) is 13.4. The Bertz CT molecular complexity index is 1980. The normalized spacial score (nSPS) is 14.8. The zero-order valence-electron chi connectivity index (χ0n) is 26.3. The Morgan fingerprint density at radius 2 is 1.80 bits per heavy atom. The lowest BCUT2D eigenvalue weighted by molar-refractivity contribution is -0.132. The summed E-state index contributed by atoms with van der Waals surface area (Å²) in [5.41, 5.74) is 6.07. The van der Waals surface area contributed by atoms with E-state index in [9.17, 15) is 19.1 Å². The Kier molecular flexibility index (Phi) is 7.81. The molecule has 2 aromatic carbocycles. The summed E-state index contributed by atoms with van der Waals surface area (Å²) in [6.07, 6.45) is 8.58. The number of aryl methyl sites for hydroxylation is 2. The number of hydrogen-bond acceptors (Lipinski definition) is 4. The number of carbonyl (C=O) groups is 2. The van der Waals surface area contributed by atoms with Crippen molar-refractivity contribution in [2.24, 2.45) is 7.05 Å². The lowest BCUT2D eigenvalue weighted by Crippen LogP contribution is -2.42. The van der Waals surface area contributed by atoms with Crippen LogP contribution in [-0.4, -0.2) is 36.1 Å². The highest BCUT2D eigenvalue weighted by Crippen LogP contribution is 2.40. The number of aliphatic carboxylic acids is 1. The van der Waals surface area contributed by atoms with Crippen molar-refractivity contribution in [1.82, 2.24) is 24.4 Å². The van der Waals surface area contributed by atoms with Crippen LogP contribution in [0.1, 0.15) is 86.2 Å². The molecule has 1 fully saturated rings. The molecule has 1 amide bonds. The van der Waals surface area contributed by atoms with Gasteiger partial charge in [-0.2, -0.15) is 0 Å². The number of carboxylic acid groups (broad SMARTS) is 1. The fraction of sp³-hybridized carbons (Fsp3) is 0.333. The molecule has 0 bridgehead atoms. The van der Waals surface area contributed by atoms with Gasteiger partial charge in [0.15, 0.2) is 0 Å². The van der Waals surface area contributed by atoms with Gasteiger partial charge in [-0.1, -0.05) is 25.3 Å². The minimum absolute atomic E-state index is 0.221. The van der Waals surface area contributed by atoms with Gasteiger partial charge in [-0.15, -0.1) is 0 Å². The Labute approximate surface area is 261 Å². The molecule has 9 heteroatoms. The summed E-state index contributed by atoms with van der Waals surface area (Å²) in [6.45, 7) is 7.45. The maximum atomic E-state index is 13.8. The highest BCUT2D eigenvalue weighted by Gasteiger charge is 2.30. The maximum Gasteiger partial charge on any atom is 0.331 e. The van der Waals surface area contributed by atoms with Crippen LogP contribution in [0.25, 0.3) is 39.4 Å². The second-order valence-corrected chi connectivity index (χ2v) is 12.7. The Morgan fingerprint density at radius 1 is 1.04 bits per heavy atom. The van der Waals surface area contributed by atoms with Gasteiger partial charge >= 0.3 is 5.97 Å². The Balaban J connectivity index is 1.35. The summed E-state index contributed by atoms with van der Waals surface area (Å²) < 4.78 is 18.1. The molecule has 8 nitrogen and oxygen atoms in total. The molecular weight excluding hydrogens is 569 g/mol. The number of carboxylic acids is 1. The SMILES string of the molecule is CC(=Cc1ccc2nc(C(C)(C)NC(=O)c3ccc4c(c3)c(C)c(-c3ccc(F)cn3)n4C3CCCCC3)n(C)c2c1)C(=O)O. The van der Waals surface area contributed by atoms with Gasteiger partial charge in [0.25, 0.3) is 5.91 Å². The van der Waals surface area contributed by atoms with Gasteiger partial charge in [0.05, 0.1) is 34.2 Å². The van der Waals surface area contributed by atoms with E-state index in [0.29, 0.717) is 17.4 Å². The maximum absolute atomic E-state index is 13.8. The van der Waals surface area contributed by atoms with Gasteiger partial charge in [-0.3, -0.25) is 9.78 Å². The van der Waals surface area contributed by atoms with Gasteiger partial charge in [0.1, 0.15) is 11.6 Å². The lowest BCUT2D eigenvalue weighted by atomic mass is 9.95. The van der Waals surface area contributed by atoms with Crippen LogP contribution in [0.3, 0.4) is 0 Å². The van der Waals surface area contributed by atoms with Crippen LogP contribution in [0.15, 0.2) is 60.3 Å². The number of carbonyl (C=O) groups excluding carboxylic acids is 1. The van der Waals surface area contributed by atoms with E-state index in [2.05, 4.69) is 21.8 Å². The third-order valence-corrected chi connectivity index (χ3v) is 9.04. The number of hydrogen-bond donors (Lipinski definition) is 2. The molecule has 0 spiro atoms. The molecule has 6 rings (SSSR count). The Hall–Kier alpha value is -4.79. The lowest BCUT2D eigenvalue weighted by Gasteiger charge is -2.27.